The number of fused-ring (bicyclic) bond motifs is 1. The van der Waals surface area contributed by atoms with Crippen LogP contribution in [0.1, 0.15) is 21.5 Å². The predicted molar refractivity (Wildman–Crippen MR) is 106 cm³/mol. The van der Waals surface area contributed by atoms with Gasteiger partial charge in [-0.1, -0.05) is 11.6 Å². The fourth-order valence-corrected chi connectivity index (χ4v) is 3.16. The van der Waals surface area contributed by atoms with Crippen molar-refractivity contribution in [1.29, 1.82) is 0 Å². The summed E-state index contributed by atoms with van der Waals surface area (Å²) in [7, 11) is 1.97. The first kappa shape index (κ1) is 17.0. The Kier molecular flexibility index (Phi) is 4.42. The van der Waals surface area contributed by atoms with Gasteiger partial charge in [-0.05, 0) is 55.0 Å². The lowest BCUT2D eigenvalue weighted by atomic mass is 10.0. The van der Waals surface area contributed by atoms with Crippen LogP contribution in [0.4, 0.5) is 0 Å². The van der Waals surface area contributed by atoms with Gasteiger partial charge >= 0.3 is 0 Å². The molecule has 4 rings (SSSR count). The number of aryl methyl sites for hydroxylation is 2. The van der Waals surface area contributed by atoms with E-state index in [1.807, 2.05) is 73.3 Å². The minimum atomic E-state index is -0.111. The third kappa shape index (κ3) is 3.44. The summed E-state index contributed by atoms with van der Waals surface area (Å²) in [5.74, 6) is -0.111. The van der Waals surface area contributed by atoms with E-state index in [1.54, 1.807) is 12.4 Å². The van der Waals surface area contributed by atoms with Gasteiger partial charge in [0.25, 0.3) is 5.91 Å². The molecule has 4 aromatic rings. The van der Waals surface area contributed by atoms with E-state index in [0.717, 1.165) is 33.4 Å². The van der Waals surface area contributed by atoms with Crippen molar-refractivity contribution in [3.63, 3.8) is 0 Å². The molecule has 3 heterocycles. The minimum absolute atomic E-state index is 0.111. The maximum Gasteiger partial charge on any atom is 0.252 e. The quantitative estimate of drug-likeness (QED) is 0.604. The molecule has 0 saturated heterocycles. The second-order valence-corrected chi connectivity index (χ2v) is 6.62. The zero-order valence-corrected chi connectivity index (χ0v) is 15.3. The van der Waals surface area contributed by atoms with E-state index in [2.05, 4.69) is 10.3 Å². The molecule has 5 heteroatoms. The van der Waals surface area contributed by atoms with Crippen LogP contribution < -0.4 is 5.32 Å². The Labute approximate surface area is 157 Å². The topological polar surface area (TPSA) is 59.8 Å². The summed E-state index contributed by atoms with van der Waals surface area (Å²) in [6.45, 7) is 2.47. The average molecular weight is 356 g/mol. The van der Waals surface area contributed by atoms with E-state index in [4.69, 9.17) is 4.98 Å². The zero-order valence-electron chi connectivity index (χ0n) is 15.3. The van der Waals surface area contributed by atoms with Gasteiger partial charge in [-0.25, -0.2) is 4.98 Å². The summed E-state index contributed by atoms with van der Waals surface area (Å²) in [6.07, 6.45) is 5.42. The van der Waals surface area contributed by atoms with E-state index >= 15 is 0 Å². The third-order valence-electron chi connectivity index (χ3n) is 4.62. The predicted octanol–water partition coefficient (Wildman–Crippen LogP) is 3.87. The SMILES string of the molecule is Cc1ccc2nc(-c3cccn3C)cc(C(=O)NCc3ccncc3)c2c1. The van der Waals surface area contributed by atoms with Gasteiger partial charge in [0.05, 0.1) is 22.5 Å². The van der Waals surface area contributed by atoms with Crippen LogP contribution in [0, 0.1) is 6.92 Å². The molecule has 0 unspecified atom stereocenters. The number of nitrogens with one attached hydrogen (secondary N) is 1. The van der Waals surface area contributed by atoms with Gasteiger partial charge < -0.3 is 9.88 Å². The summed E-state index contributed by atoms with van der Waals surface area (Å²) < 4.78 is 2.00. The van der Waals surface area contributed by atoms with E-state index in [9.17, 15) is 4.79 Å². The van der Waals surface area contributed by atoms with Crippen molar-refractivity contribution in [3.05, 3.63) is 83.8 Å². The van der Waals surface area contributed by atoms with Gasteiger partial charge in [0.2, 0.25) is 0 Å². The first-order valence-corrected chi connectivity index (χ1v) is 8.82. The molecule has 0 fully saturated rings. The number of aromatic nitrogens is 3. The maximum absolute atomic E-state index is 13.0. The normalized spacial score (nSPS) is 10.9. The van der Waals surface area contributed by atoms with E-state index in [0.29, 0.717) is 12.1 Å². The number of pyridine rings is 2. The van der Waals surface area contributed by atoms with E-state index in [-0.39, 0.29) is 5.91 Å². The highest BCUT2D eigenvalue weighted by Gasteiger charge is 2.15. The van der Waals surface area contributed by atoms with Gasteiger partial charge in [0.15, 0.2) is 0 Å². The zero-order chi connectivity index (χ0) is 18.8. The number of benzene rings is 1. The van der Waals surface area contributed by atoms with Crippen LogP contribution in [0.15, 0.2) is 67.1 Å². The van der Waals surface area contributed by atoms with E-state index < -0.39 is 0 Å². The van der Waals surface area contributed by atoms with Crippen molar-refractivity contribution in [2.45, 2.75) is 13.5 Å². The number of carbonyl (C=O) groups is 1. The summed E-state index contributed by atoms with van der Waals surface area (Å²) in [6, 6.07) is 15.6. The van der Waals surface area contributed by atoms with Crippen LogP contribution in [-0.4, -0.2) is 20.4 Å². The molecule has 0 saturated carbocycles. The Hall–Kier alpha value is -3.47. The molecule has 0 aliphatic rings. The number of hydrogen-bond donors (Lipinski definition) is 1. The molecule has 0 bridgehead atoms. The van der Waals surface area contributed by atoms with Crippen LogP contribution in [-0.2, 0) is 13.6 Å². The molecular weight excluding hydrogens is 336 g/mol. The molecule has 0 atom stereocenters. The van der Waals surface area contributed by atoms with Gasteiger partial charge in [-0.2, -0.15) is 0 Å². The summed E-state index contributed by atoms with van der Waals surface area (Å²) in [5, 5.41) is 3.87. The molecule has 0 spiro atoms. The molecule has 3 aromatic heterocycles. The molecule has 134 valence electrons. The molecule has 1 amide bonds. The molecule has 0 aliphatic heterocycles. The minimum Gasteiger partial charge on any atom is -0.349 e. The summed E-state index contributed by atoms with van der Waals surface area (Å²) in [4.78, 5) is 21.8. The Balaban J connectivity index is 1.76. The molecule has 0 aliphatic carbocycles. The van der Waals surface area contributed by atoms with Crippen molar-refractivity contribution in [2.24, 2.45) is 7.05 Å². The van der Waals surface area contributed by atoms with Crippen molar-refractivity contribution < 1.29 is 4.79 Å². The van der Waals surface area contributed by atoms with Gasteiger partial charge in [0.1, 0.15) is 0 Å². The van der Waals surface area contributed by atoms with Gasteiger partial charge in [-0.15, -0.1) is 0 Å². The Bertz CT molecular complexity index is 1120. The standard InChI is InChI=1S/C22H20N4O/c1-15-5-6-19-17(12-15)18(13-20(25-19)21-4-3-11-26(21)2)22(27)24-14-16-7-9-23-10-8-16/h3-13H,14H2,1-2H3,(H,24,27). The molecule has 1 aromatic carbocycles. The van der Waals surface area contributed by atoms with Crippen molar-refractivity contribution in [1.82, 2.24) is 19.9 Å². The smallest absolute Gasteiger partial charge is 0.252 e. The van der Waals surface area contributed by atoms with Crippen LogP contribution in [0.5, 0.6) is 0 Å². The lowest BCUT2D eigenvalue weighted by molar-refractivity contribution is 0.0952. The fourth-order valence-electron chi connectivity index (χ4n) is 3.16. The number of nitrogens with zero attached hydrogens (tertiary/aromatic N) is 3. The highest BCUT2D eigenvalue weighted by atomic mass is 16.1. The van der Waals surface area contributed by atoms with Crippen molar-refractivity contribution >= 4 is 16.8 Å². The van der Waals surface area contributed by atoms with Crippen LogP contribution >= 0.6 is 0 Å². The second-order valence-electron chi connectivity index (χ2n) is 6.62. The third-order valence-corrected chi connectivity index (χ3v) is 4.62. The fraction of sp³-hybridized carbons (Fsp3) is 0.136. The van der Waals surface area contributed by atoms with Crippen molar-refractivity contribution in [3.8, 4) is 11.4 Å². The Morgan fingerprint density at radius 3 is 2.67 bits per heavy atom. The molecule has 5 nitrogen and oxygen atoms in total. The Morgan fingerprint density at radius 2 is 1.93 bits per heavy atom. The largest absolute Gasteiger partial charge is 0.349 e. The summed E-state index contributed by atoms with van der Waals surface area (Å²) >= 11 is 0. The van der Waals surface area contributed by atoms with Gasteiger partial charge in [-0.3, -0.25) is 9.78 Å². The molecule has 1 N–H and O–H groups in total. The molecule has 0 radical (unpaired) electrons. The second kappa shape index (κ2) is 7.03. The summed E-state index contributed by atoms with van der Waals surface area (Å²) in [5.41, 5.74) is 5.31. The van der Waals surface area contributed by atoms with Crippen molar-refractivity contribution in [2.75, 3.05) is 0 Å². The van der Waals surface area contributed by atoms with Crippen LogP contribution in [0.25, 0.3) is 22.3 Å². The lowest BCUT2D eigenvalue weighted by Crippen LogP contribution is -2.23. The van der Waals surface area contributed by atoms with Crippen LogP contribution in [0.2, 0.25) is 0 Å². The Morgan fingerprint density at radius 1 is 1.11 bits per heavy atom. The van der Waals surface area contributed by atoms with E-state index in [1.165, 1.54) is 0 Å². The monoisotopic (exact) mass is 356 g/mol. The van der Waals surface area contributed by atoms with Crippen LogP contribution in [0.3, 0.4) is 0 Å². The number of amides is 1. The first-order chi connectivity index (χ1) is 13.1. The highest BCUT2D eigenvalue weighted by molar-refractivity contribution is 6.07. The maximum atomic E-state index is 13.0. The first-order valence-electron chi connectivity index (χ1n) is 8.82. The van der Waals surface area contributed by atoms with Gasteiger partial charge in [0, 0.05) is 37.6 Å². The lowest BCUT2D eigenvalue weighted by Gasteiger charge is -2.12. The molecule has 27 heavy (non-hydrogen) atoms. The number of carbonyl (C=O) groups excluding carboxylic acids is 1. The number of hydrogen-bond acceptors (Lipinski definition) is 3. The average Bonchev–Trinajstić information content (AvgIpc) is 3.12. The highest BCUT2D eigenvalue weighted by Crippen LogP contribution is 2.26. The molecular formula is C22H20N4O. The number of rotatable bonds is 4.